The average molecular weight is 579 g/mol. The van der Waals surface area contributed by atoms with Gasteiger partial charge in [-0.15, -0.1) is 11.3 Å². The molecule has 9 nitrogen and oxygen atoms in total. The van der Waals surface area contributed by atoms with Crippen molar-refractivity contribution in [3.8, 4) is 10.4 Å². The van der Waals surface area contributed by atoms with E-state index in [0.29, 0.717) is 58.8 Å². The quantitative estimate of drug-likeness (QED) is 0.198. The maximum Gasteiger partial charge on any atom is 0.181 e. The molecule has 212 valence electrons. The van der Waals surface area contributed by atoms with Crippen LogP contribution in [0.5, 0.6) is 0 Å². The highest BCUT2D eigenvalue weighted by Gasteiger charge is 2.26. The SMILES string of the molecule is CC(C)(CCCC1=CC(=O)C=C(c2ccccc2-c2cc(=O)cc(CCCC(C)(C)OOO)s2)S1=O)OOO. The summed E-state index contributed by atoms with van der Waals surface area (Å²) in [6, 6.07) is 10.5. The predicted molar refractivity (Wildman–Crippen MR) is 150 cm³/mol. The largest absolute Gasteiger partial charge is 0.290 e. The molecule has 0 bridgehead atoms. The van der Waals surface area contributed by atoms with Gasteiger partial charge in [-0.05, 0) is 83.9 Å². The van der Waals surface area contributed by atoms with Crippen LogP contribution in [-0.2, 0) is 41.9 Å². The van der Waals surface area contributed by atoms with E-state index in [1.165, 1.54) is 23.5 Å². The summed E-state index contributed by atoms with van der Waals surface area (Å²) >= 11 is 1.46. The van der Waals surface area contributed by atoms with Crippen molar-refractivity contribution in [3.63, 3.8) is 0 Å². The number of carbonyl (C=O) groups is 1. The third-order valence-electron chi connectivity index (χ3n) is 6.22. The van der Waals surface area contributed by atoms with Gasteiger partial charge in [0.2, 0.25) is 0 Å². The van der Waals surface area contributed by atoms with Crippen LogP contribution in [0.4, 0.5) is 0 Å². The second-order valence-electron chi connectivity index (χ2n) is 10.5. The van der Waals surface area contributed by atoms with Gasteiger partial charge in [-0.2, -0.15) is 0 Å². The highest BCUT2D eigenvalue weighted by Crippen LogP contribution is 2.37. The molecule has 1 aromatic carbocycles. The number of hydrogen-bond acceptors (Lipinski definition) is 10. The van der Waals surface area contributed by atoms with Crippen LogP contribution in [0, 0.1) is 0 Å². The third kappa shape index (κ3) is 9.09. The second-order valence-corrected chi connectivity index (χ2v) is 13.2. The molecule has 1 unspecified atom stereocenters. The Morgan fingerprint density at radius 2 is 1.44 bits per heavy atom. The lowest BCUT2D eigenvalue weighted by atomic mass is 10.0. The first-order valence-electron chi connectivity index (χ1n) is 12.5. The van der Waals surface area contributed by atoms with Crippen LogP contribution in [0.2, 0.25) is 0 Å². The Labute approximate surface area is 233 Å². The highest BCUT2D eigenvalue weighted by molar-refractivity contribution is 7.98. The van der Waals surface area contributed by atoms with Crippen molar-refractivity contribution in [3.05, 3.63) is 74.1 Å². The number of allylic oxidation sites excluding steroid dienone is 3. The molecule has 1 aromatic heterocycles. The number of ketones is 1. The van der Waals surface area contributed by atoms with E-state index in [1.54, 1.807) is 39.8 Å². The topological polar surface area (TPSA) is 129 Å². The van der Waals surface area contributed by atoms with Gasteiger partial charge < -0.3 is 0 Å². The minimum absolute atomic E-state index is 0.144. The molecule has 1 aliphatic heterocycles. The minimum Gasteiger partial charge on any atom is -0.290 e. The van der Waals surface area contributed by atoms with Gasteiger partial charge in [0.15, 0.2) is 11.2 Å². The lowest BCUT2D eigenvalue weighted by molar-refractivity contribution is -0.522. The van der Waals surface area contributed by atoms with Crippen LogP contribution in [0.15, 0.2) is 58.2 Å². The minimum atomic E-state index is -1.57. The Hall–Kier alpha value is -2.35. The van der Waals surface area contributed by atoms with E-state index >= 15 is 0 Å². The normalized spacial score (nSPS) is 16.3. The number of hydrogen-bond donors (Lipinski definition) is 2. The summed E-state index contributed by atoms with van der Waals surface area (Å²) in [6.07, 6.45) is 6.18. The summed E-state index contributed by atoms with van der Waals surface area (Å²) in [5.74, 6) is -0.248. The summed E-state index contributed by atoms with van der Waals surface area (Å²) in [5.41, 5.74) is -0.223. The van der Waals surface area contributed by atoms with E-state index < -0.39 is 22.0 Å². The molecule has 0 radical (unpaired) electrons. The highest BCUT2D eigenvalue weighted by atomic mass is 32.2. The second kappa shape index (κ2) is 13.8. The van der Waals surface area contributed by atoms with Gasteiger partial charge >= 0.3 is 0 Å². The number of rotatable bonds is 14. The van der Waals surface area contributed by atoms with E-state index in [0.717, 1.165) is 10.4 Å². The maximum absolute atomic E-state index is 13.6. The fraction of sp³-hybridized carbons (Fsp3) is 0.429. The smallest absolute Gasteiger partial charge is 0.181 e. The lowest BCUT2D eigenvalue weighted by Gasteiger charge is -2.22. The third-order valence-corrected chi connectivity index (χ3v) is 8.90. The summed E-state index contributed by atoms with van der Waals surface area (Å²) in [4.78, 5) is 37.4. The van der Waals surface area contributed by atoms with Gasteiger partial charge in [-0.25, -0.2) is 24.5 Å². The first-order chi connectivity index (χ1) is 18.4. The lowest BCUT2D eigenvalue weighted by Crippen LogP contribution is -2.24. The van der Waals surface area contributed by atoms with Crippen molar-refractivity contribution in [2.24, 2.45) is 0 Å². The Balaban J connectivity index is 1.83. The summed E-state index contributed by atoms with van der Waals surface area (Å²) < 4.78 is 13.6. The first-order valence-corrected chi connectivity index (χ1v) is 14.5. The van der Waals surface area contributed by atoms with Crippen LogP contribution < -0.4 is 5.43 Å². The molecule has 1 atom stereocenters. The molecule has 2 N–H and O–H groups in total. The summed E-state index contributed by atoms with van der Waals surface area (Å²) in [7, 11) is -1.57. The van der Waals surface area contributed by atoms with Crippen LogP contribution in [-0.4, -0.2) is 31.7 Å². The van der Waals surface area contributed by atoms with Crippen LogP contribution in [0.3, 0.4) is 0 Å². The zero-order chi connectivity index (χ0) is 28.6. The molecule has 2 aromatic rings. The molecule has 0 amide bonds. The number of carbonyl (C=O) groups excluding carboxylic acids is 1. The van der Waals surface area contributed by atoms with Gasteiger partial charge in [-0.1, -0.05) is 34.3 Å². The van der Waals surface area contributed by atoms with Gasteiger partial charge in [0.05, 0.1) is 15.7 Å². The Bertz CT molecular complexity index is 1310. The van der Waals surface area contributed by atoms with Crippen molar-refractivity contribution < 1.29 is 39.4 Å². The van der Waals surface area contributed by atoms with E-state index in [4.69, 9.17) is 20.3 Å². The molecule has 0 saturated carbocycles. The summed E-state index contributed by atoms with van der Waals surface area (Å²) in [6.45, 7) is 7.08. The van der Waals surface area contributed by atoms with Gasteiger partial charge in [-0.3, -0.25) is 9.59 Å². The zero-order valence-corrected chi connectivity index (χ0v) is 24.1. The monoisotopic (exact) mass is 578 g/mol. The molecule has 39 heavy (non-hydrogen) atoms. The fourth-order valence-corrected chi connectivity index (χ4v) is 6.88. The zero-order valence-electron chi connectivity index (χ0n) is 22.4. The predicted octanol–water partition coefficient (Wildman–Crippen LogP) is 6.22. The van der Waals surface area contributed by atoms with E-state index in [9.17, 15) is 13.8 Å². The number of aryl methyl sites for hydroxylation is 1. The first kappa shape index (κ1) is 31.2. The number of benzene rings is 1. The Kier molecular flexibility index (Phi) is 11.1. The molecule has 3 rings (SSSR count). The fourth-order valence-electron chi connectivity index (χ4n) is 4.28. The van der Waals surface area contributed by atoms with E-state index in [1.807, 2.05) is 24.3 Å². The van der Waals surface area contributed by atoms with Crippen LogP contribution >= 0.6 is 11.3 Å². The van der Waals surface area contributed by atoms with Crippen LogP contribution in [0.1, 0.15) is 70.2 Å². The van der Waals surface area contributed by atoms with Crippen molar-refractivity contribution in [1.82, 2.24) is 0 Å². The Morgan fingerprint density at radius 1 is 0.846 bits per heavy atom. The van der Waals surface area contributed by atoms with Crippen molar-refractivity contribution in [2.45, 2.75) is 77.4 Å². The van der Waals surface area contributed by atoms with E-state index in [2.05, 4.69) is 10.1 Å². The maximum atomic E-state index is 13.6. The van der Waals surface area contributed by atoms with Crippen molar-refractivity contribution in [1.29, 1.82) is 0 Å². The molecule has 0 saturated heterocycles. The molecule has 0 spiro atoms. The van der Waals surface area contributed by atoms with Crippen LogP contribution in [0.25, 0.3) is 15.3 Å². The van der Waals surface area contributed by atoms with Crippen molar-refractivity contribution in [2.75, 3.05) is 0 Å². The molecule has 2 heterocycles. The molecule has 0 fully saturated rings. The van der Waals surface area contributed by atoms with Gasteiger partial charge in [0, 0.05) is 32.4 Å². The molecular weight excluding hydrogens is 544 g/mol. The standard InChI is InChI=1S/C28H34O9S2/c1-27(2,34-36-31)13-7-9-21-15-19(29)17-25(38-21)23-11-5-6-12-24(23)26-18-20(30)16-22(39(26)33)10-8-14-28(3,4)35-37-32/h5-6,11-12,15-18,31-32H,7-10,13-14H2,1-4H3. The Morgan fingerprint density at radius 3 is 2.05 bits per heavy atom. The average Bonchev–Trinajstić information content (AvgIpc) is 2.85. The van der Waals surface area contributed by atoms with E-state index in [-0.39, 0.29) is 11.2 Å². The van der Waals surface area contributed by atoms with Crippen molar-refractivity contribution >= 4 is 32.8 Å². The summed E-state index contributed by atoms with van der Waals surface area (Å²) in [5, 5.41) is 24.8. The molecular formula is C28H34O9S2. The molecule has 1 aliphatic rings. The molecule has 0 aliphatic carbocycles. The molecule has 11 heteroatoms. The van der Waals surface area contributed by atoms with Gasteiger partial charge in [0.25, 0.3) is 0 Å². The van der Waals surface area contributed by atoms with Gasteiger partial charge in [0.1, 0.15) is 11.2 Å².